The highest BCUT2D eigenvalue weighted by Crippen LogP contribution is 2.51. The van der Waals surface area contributed by atoms with Gasteiger partial charge in [0, 0.05) is 5.92 Å². The fourth-order valence-corrected chi connectivity index (χ4v) is 7.55. The highest BCUT2D eigenvalue weighted by Gasteiger charge is 2.41. The SMILES string of the molecule is CCC(C)[C@@H]1COC(C2CCCC2P(c2ccccc2)c2ccccc2)=N1. The molecular weight excluding hydrogens is 349 g/mol. The monoisotopic (exact) mass is 379 g/mol. The maximum atomic E-state index is 6.18. The van der Waals surface area contributed by atoms with Gasteiger partial charge in [-0.2, -0.15) is 0 Å². The molecule has 1 fully saturated rings. The van der Waals surface area contributed by atoms with E-state index in [4.69, 9.17) is 9.73 Å². The molecule has 27 heavy (non-hydrogen) atoms. The van der Waals surface area contributed by atoms with Crippen molar-refractivity contribution in [3.8, 4) is 0 Å². The number of benzene rings is 2. The summed E-state index contributed by atoms with van der Waals surface area (Å²) in [4.78, 5) is 5.07. The number of hydrogen-bond acceptors (Lipinski definition) is 2. The predicted molar refractivity (Wildman–Crippen MR) is 117 cm³/mol. The van der Waals surface area contributed by atoms with E-state index >= 15 is 0 Å². The highest BCUT2D eigenvalue weighted by atomic mass is 31.1. The average Bonchev–Trinajstić information content (AvgIpc) is 3.39. The summed E-state index contributed by atoms with van der Waals surface area (Å²) in [5.74, 6) is 2.14. The number of rotatable bonds is 6. The van der Waals surface area contributed by atoms with Crippen molar-refractivity contribution in [3.63, 3.8) is 0 Å². The zero-order chi connectivity index (χ0) is 18.6. The minimum atomic E-state index is -0.401. The van der Waals surface area contributed by atoms with Crippen molar-refractivity contribution in [2.24, 2.45) is 16.8 Å². The van der Waals surface area contributed by atoms with Crippen LogP contribution in [0.25, 0.3) is 0 Å². The molecule has 4 rings (SSSR count). The van der Waals surface area contributed by atoms with Crippen molar-refractivity contribution in [2.75, 3.05) is 6.61 Å². The number of ether oxygens (including phenoxy) is 1. The third kappa shape index (κ3) is 3.97. The Bertz CT molecular complexity index is 721. The first kappa shape index (κ1) is 18.7. The van der Waals surface area contributed by atoms with Crippen LogP contribution in [-0.4, -0.2) is 24.2 Å². The predicted octanol–water partition coefficient (Wildman–Crippen LogP) is 5.13. The Morgan fingerprint density at radius 3 is 2.22 bits per heavy atom. The van der Waals surface area contributed by atoms with Crippen molar-refractivity contribution in [1.82, 2.24) is 0 Å². The molecule has 3 heteroatoms. The van der Waals surface area contributed by atoms with E-state index in [2.05, 4.69) is 74.5 Å². The van der Waals surface area contributed by atoms with Gasteiger partial charge in [-0.25, -0.2) is 4.99 Å². The van der Waals surface area contributed by atoms with Crippen LogP contribution in [0.2, 0.25) is 0 Å². The van der Waals surface area contributed by atoms with Crippen LogP contribution in [0.3, 0.4) is 0 Å². The molecule has 142 valence electrons. The summed E-state index contributed by atoms with van der Waals surface area (Å²) in [7, 11) is -0.401. The molecule has 2 aromatic rings. The van der Waals surface area contributed by atoms with Gasteiger partial charge in [-0.3, -0.25) is 0 Å². The van der Waals surface area contributed by atoms with Gasteiger partial charge in [-0.15, -0.1) is 0 Å². The third-order valence-electron chi connectivity index (χ3n) is 6.19. The Labute approximate surface area is 164 Å². The smallest absolute Gasteiger partial charge is 0.187 e. The van der Waals surface area contributed by atoms with Crippen molar-refractivity contribution in [2.45, 2.75) is 51.2 Å². The molecule has 1 heterocycles. The second-order valence-electron chi connectivity index (χ2n) is 7.88. The molecule has 2 nitrogen and oxygen atoms in total. The van der Waals surface area contributed by atoms with Crippen molar-refractivity contribution < 1.29 is 4.74 Å². The second kappa shape index (κ2) is 8.57. The van der Waals surface area contributed by atoms with Crippen LogP contribution in [0.1, 0.15) is 39.5 Å². The molecule has 0 N–H and O–H groups in total. The lowest BCUT2D eigenvalue weighted by Gasteiger charge is -2.29. The fraction of sp³-hybridized carbons (Fsp3) is 0.458. The number of aliphatic imine (C=N–C) groups is 1. The first-order valence-electron chi connectivity index (χ1n) is 10.4. The van der Waals surface area contributed by atoms with Crippen LogP contribution >= 0.6 is 7.92 Å². The Morgan fingerprint density at radius 2 is 1.63 bits per heavy atom. The van der Waals surface area contributed by atoms with Crippen LogP contribution in [0.15, 0.2) is 65.7 Å². The topological polar surface area (TPSA) is 21.6 Å². The van der Waals surface area contributed by atoms with Gasteiger partial charge >= 0.3 is 0 Å². The lowest BCUT2D eigenvalue weighted by atomic mass is 10.0. The van der Waals surface area contributed by atoms with Crippen LogP contribution in [0.4, 0.5) is 0 Å². The maximum Gasteiger partial charge on any atom is 0.187 e. The van der Waals surface area contributed by atoms with Gasteiger partial charge in [0.15, 0.2) is 5.90 Å². The molecule has 1 aliphatic carbocycles. The highest BCUT2D eigenvalue weighted by molar-refractivity contribution is 7.73. The van der Waals surface area contributed by atoms with Crippen LogP contribution in [-0.2, 0) is 4.74 Å². The molecule has 1 saturated carbocycles. The van der Waals surface area contributed by atoms with E-state index in [9.17, 15) is 0 Å². The molecule has 2 aliphatic rings. The van der Waals surface area contributed by atoms with Gasteiger partial charge in [0.2, 0.25) is 0 Å². The Kier molecular flexibility index (Phi) is 5.93. The summed E-state index contributed by atoms with van der Waals surface area (Å²) in [5, 5.41) is 2.96. The van der Waals surface area contributed by atoms with Crippen molar-refractivity contribution in [1.29, 1.82) is 0 Å². The molecule has 0 saturated heterocycles. The Hall–Kier alpha value is -1.66. The third-order valence-corrected chi connectivity index (χ3v) is 9.18. The fourth-order valence-electron chi connectivity index (χ4n) is 4.42. The summed E-state index contributed by atoms with van der Waals surface area (Å²) in [6, 6.07) is 22.6. The average molecular weight is 379 g/mol. The largest absolute Gasteiger partial charge is 0.478 e. The summed E-state index contributed by atoms with van der Waals surface area (Å²) in [6.45, 7) is 5.33. The van der Waals surface area contributed by atoms with E-state index in [1.54, 1.807) is 0 Å². The van der Waals surface area contributed by atoms with E-state index in [0.29, 0.717) is 23.5 Å². The van der Waals surface area contributed by atoms with Crippen LogP contribution in [0, 0.1) is 11.8 Å². The van der Waals surface area contributed by atoms with Gasteiger partial charge in [0.05, 0.1) is 6.04 Å². The second-order valence-corrected chi connectivity index (χ2v) is 10.3. The molecule has 0 aromatic heterocycles. The van der Waals surface area contributed by atoms with Gasteiger partial charge < -0.3 is 4.74 Å². The van der Waals surface area contributed by atoms with E-state index in [0.717, 1.165) is 12.5 Å². The zero-order valence-corrected chi connectivity index (χ0v) is 17.3. The Balaban J connectivity index is 1.66. The van der Waals surface area contributed by atoms with E-state index < -0.39 is 7.92 Å². The minimum Gasteiger partial charge on any atom is -0.478 e. The maximum absolute atomic E-state index is 6.18. The van der Waals surface area contributed by atoms with E-state index in [-0.39, 0.29) is 0 Å². The molecule has 0 radical (unpaired) electrons. The van der Waals surface area contributed by atoms with Crippen LogP contribution < -0.4 is 10.6 Å². The standard InChI is InChI=1S/C24H30NOP/c1-3-18(2)22-17-26-24(25-22)21-15-10-16-23(21)27(19-11-6-4-7-12-19)20-13-8-5-9-14-20/h4-9,11-14,18,21-23H,3,10,15-17H2,1-2H3/t18?,21?,22-,23?/m0/s1. The molecule has 2 aromatic carbocycles. The van der Waals surface area contributed by atoms with Crippen molar-refractivity contribution >= 4 is 24.4 Å². The van der Waals surface area contributed by atoms with E-state index in [1.165, 1.54) is 36.3 Å². The lowest BCUT2D eigenvalue weighted by Crippen LogP contribution is -2.29. The molecular formula is C24H30NOP. The van der Waals surface area contributed by atoms with Gasteiger partial charge in [0.1, 0.15) is 6.61 Å². The quantitative estimate of drug-likeness (QED) is 0.638. The zero-order valence-electron chi connectivity index (χ0n) is 16.4. The molecule has 4 atom stereocenters. The molecule has 3 unspecified atom stereocenters. The molecule has 0 bridgehead atoms. The first-order valence-corrected chi connectivity index (χ1v) is 11.8. The van der Waals surface area contributed by atoms with E-state index in [1.807, 2.05) is 0 Å². The van der Waals surface area contributed by atoms with Gasteiger partial charge in [-0.05, 0) is 42.9 Å². The summed E-state index contributed by atoms with van der Waals surface area (Å²) in [6.07, 6.45) is 4.94. The summed E-state index contributed by atoms with van der Waals surface area (Å²) >= 11 is 0. The van der Waals surface area contributed by atoms with Crippen LogP contribution in [0.5, 0.6) is 0 Å². The summed E-state index contributed by atoms with van der Waals surface area (Å²) in [5.41, 5.74) is 0.624. The molecule has 1 aliphatic heterocycles. The summed E-state index contributed by atoms with van der Waals surface area (Å²) < 4.78 is 6.18. The molecule has 0 amide bonds. The van der Waals surface area contributed by atoms with Gasteiger partial charge in [0.25, 0.3) is 0 Å². The normalized spacial score (nSPS) is 26.0. The number of nitrogens with zero attached hydrogens (tertiary/aromatic N) is 1. The van der Waals surface area contributed by atoms with Crippen molar-refractivity contribution in [3.05, 3.63) is 60.7 Å². The minimum absolute atomic E-state index is 0.353. The lowest BCUT2D eigenvalue weighted by molar-refractivity contribution is 0.269. The molecule has 0 spiro atoms. The van der Waals surface area contributed by atoms with Gasteiger partial charge in [-0.1, -0.05) is 87.4 Å². The Morgan fingerprint density at radius 1 is 1.00 bits per heavy atom. The number of hydrogen-bond donors (Lipinski definition) is 0. The first-order chi connectivity index (χ1) is 13.3.